The van der Waals surface area contributed by atoms with E-state index in [0.29, 0.717) is 30.6 Å². The number of nitro groups is 1. The predicted octanol–water partition coefficient (Wildman–Crippen LogP) is 2.48. The molecule has 0 N–H and O–H groups in total. The number of furan rings is 1. The third-order valence-corrected chi connectivity index (χ3v) is 4.03. The number of aromatic nitrogens is 2. The summed E-state index contributed by atoms with van der Waals surface area (Å²) >= 11 is 0. The molecule has 1 aromatic carbocycles. The molecule has 1 amide bonds. The number of hydrogen-bond donors (Lipinski definition) is 0. The number of carbonyl (C=O) groups excluding carboxylic acids is 1. The van der Waals surface area contributed by atoms with Gasteiger partial charge in [0.05, 0.1) is 17.1 Å². The van der Waals surface area contributed by atoms with Crippen LogP contribution in [-0.2, 0) is 0 Å². The Morgan fingerprint density at radius 3 is 2.76 bits per heavy atom. The first-order valence-corrected chi connectivity index (χ1v) is 7.53. The first-order chi connectivity index (χ1) is 12.1. The maximum atomic E-state index is 12.5. The largest absolute Gasteiger partial charge is 0.461 e. The molecule has 2 aromatic heterocycles. The molecule has 3 heterocycles. The fraction of sp³-hybridized carbons (Fsp3) is 0.188. The lowest BCUT2D eigenvalue weighted by Crippen LogP contribution is -2.48. The molecule has 126 valence electrons. The Kier molecular flexibility index (Phi) is 3.53. The maximum absolute atomic E-state index is 12.5. The summed E-state index contributed by atoms with van der Waals surface area (Å²) in [5.41, 5.74) is -0.124. The predicted molar refractivity (Wildman–Crippen MR) is 83.7 cm³/mol. The Morgan fingerprint density at radius 1 is 1.24 bits per heavy atom. The summed E-state index contributed by atoms with van der Waals surface area (Å²) in [6.07, 6.45) is 1.52. The number of nitrogens with zero attached hydrogens (tertiary/aromatic N) is 4. The van der Waals surface area contributed by atoms with Gasteiger partial charge in [-0.3, -0.25) is 14.9 Å². The van der Waals surface area contributed by atoms with Crippen LogP contribution < -0.4 is 0 Å². The highest BCUT2D eigenvalue weighted by Gasteiger charge is 2.38. The molecule has 0 spiro atoms. The lowest BCUT2D eigenvalue weighted by Gasteiger charge is -2.36. The molecule has 0 bridgehead atoms. The summed E-state index contributed by atoms with van der Waals surface area (Å²) < 4.78 is 10.4. The van der Waals surface area contributed by atoms with Crippen LogP contribution in [0.4, 0.5) is 5.69 Å². The Balaban J connectivity index is 1.46. The minimum atomic E-state index is -0.557. The average molecular weight is 340 g/mol. The number of nitro benzene ring substituents is 1. The molecular weight excluding hydrogens is 328 g/mol. The summed E-state index contributed by atoms with van der Waals surface area (Å²) in [4.78, 5) is 28.7. The molecule has 0 unspecified atom stereocenters. The van der Waals surface area contributed by atoms with Gasteiger partial charge in [-0.25, -0.2) is 0 Å². The topological polar surface area (TPSA) is 116 Å². The minimum absolute atomic E-state index is 0.0766. The lowest BCUT2D eigenvalue weighted by atomic mass is 9.98. The molecule has 1 saturated heterocycles. The Labute approximate surface area is 141 Å². The van der Waals surface area contributed by atoms with E-state index >= 15 is 0 Å². The second-order valence-corrected chi connectivity index (χ2v) is 5.61. The highest BCUT2D eigenvalue weighted by Crippen LogP contribution is 2.30. The van der Waals surface area contributed by atoms with E-state index in [2.05, 4.69) is 10.1 Å². The summed E-state index contributed by atoms with van der Waals surface area (Å²) in [6.45, 7) is 0.731. The van der Waals surface area contributed by atoms with Gasteiger partial charge in [0.1, 0.15) is 5.56 Å². The highest BCUT2D eigenvalue weighted by molar-refractivity contribution is 5.98. The van der Waals surface area contributed by atoms with Gasteiger partial charge in [0, 0.05) is 19.2 Å². The zero-order valence-corrected chi connectivity index (χ0v) is 12.9. The van der Waals surface area contributed by atoms with Crippen LogP contribution in [0.3, 0.4) is 0 Å². The Hall–Kier alpha value is -3.49. The van der Waals surface area contributed by atoms with E-state index in [1.807, 2.05) is 0 Å². The van der Waals surface area contributed by atoms with Crippen LogP contribution in [0.5, 0.6) is 0 Å². The van der Waals surface area contributed by atoms with Crippen molar-refractivity contribution in [3.05, 3.63) is 64.2 Å². The monoisotopic (exact) mass is 340 g/mol. The van der Waals surface area contributed by atoms with Crippen molar-refractivity contribution in [1.29, 1.82) is 0 Å². The summed E-state index contributed by atoms with van der Waals surface area (Å²) in [7, 11) is 0. The van der Waals surface area contributed by atoms with Gasteiger partial charge in [-0.1, -0.05) is 17.3 Å². The zero-order valence-electron chi connectivity index (χ0n) is 12.9. The fourth-order valence-corrected chi connectivity index (χ4v) is 2.69. The lowest BCUT2D eigenvalue weighted by molar-refractivity contribution is -0.385. The van der Waals surface area contributed by atoms with Gasteiger partial charge in [0.25, 0.3) is 11.6 Å². The number of para-hydroxylation sites is 1. The van der Waals surface area contributed by atoms with E-state index in [1.165, 1.54) is 29.4 Å². The van der Waals surface area contributed by atoms with Crippen LogP contribution in [0, 0.1) is 10.1 Å². The summed E-state index contributed by atoms with van der Waals surface area (Å²) in [6, 6.07) is 9.35. The van der Waals surface area contributed by atoms with Crippen LogP contribution in [0.1, 0.15) is 22.2 Å². The number of benzene rings is 1. The fourth-order valence-electron chi connectivity index (χ4n) is 2.69. The number of likely N-dealkylation sites (tertiary alicyclic amines) is 1. The van der Waals surface area contributed by atoms with Gasteiger partial charge < -0.3 is 13.8 Å². The van der Waals surface area contributed by atoms with Crippen LogP contribution in [0.25, 0.3) is 11.6 Å². The van der Waals surface area contributed by atoms with Gasteiger partial charge in [0.15, 0.2) is 5.76 Å². The molecule has 4 rings (SSSR count). The summed E-state index contributed by atoms with van der Waals surface area (Å²) in [5.74, 6) is 0.793. The smallest absolute Gasteiger partial charge is 0.282 e. The molecule has 3 aromatic rings. The van der Waals surface area contributed by atoms with Crippen LogP contribution in [0.2, 0.25) is 0 Å². The molecule has 0 saturated carbocycles. The van der Waals surface area contributed by atoms with Gasteiger partial charge in [-0.15, -0.1) is 0 Å². The Morgan fingerprint density at radius 2 is 2.04 bits per heavy atom. The van der Waals surface area contributed by atoms with Crippen molar-refractivity contribution in [3.8, 4) is 11.6 Å². The van der Waals surface area contributed by atoms with Gasteiger partial charge in [-0.05, 0) is 18.2 Å². The van der Waals surface area contributed by atoms with Crippen molar-refractivity contribution in [1.82, 2.24) is 15.0 Å². The first-order valence-electron chi connectivity index (χ1n) is 7.53. The van der Waals surface area contributed by atoms with E-state index in [9.17, 15) is 14.9 Å². The highest BCUT2D eigenvalue weighted by atomic mass is 16.6. The van der Waals surface area contributed by atoms with Crippen molar-refractivity contribution in [2.24, 2.45) is 0 Å². The van der Waals surface area contributed by atoms with E-state index in [1.54, 1.807) is 18.2 Å². The molecule has 0 radical (unpaired) electrons. The quantitative estimate of drug-likeness (QED) is 0.529. The van der Waals surface area contributed by atoms with Crippen LogP contribution >= 0.6 is 0 Å². The number of carbonyl (C=O) groups is 1. The van der Waals surface area contributed by atoms with Crippen molar-refractivity contribution >= 4 is 11.6 Å². The van der Waals surface area contributed by atoms with E-state index in [-0.39, 0.29) is 23.1 Å². The molecule has 1 fully saturated rings. The van der Waals surface area contributed by atoms with Gasteiger partial charge in [0.2, 0.25) is 11.7 Å². The average Bonchev–Trinajstić information content (AvgIpc) is 3.24. The SMILES string of the molecule is O=C(c1ccccc1[N+](=O)[O-])N1CC(c2nc(-c3ccco3)no2)C1. The maximum Gasteiger partial charge on any atom is 0.282 e. The van der Waals surface area contributed by atoms with Crippen molar-refractivity contribution < 1.29 is 18.7 Å². The summed E-state index contributed by atoms with van der Waals surface area (Å²) in [5, 5.41) is 14.9. The van der Waals surface area contributed by atoms with Crippen molar-refractivity contribution in [3.63, 3.8) is 0 Å². The standard InChI is InChI=1S/C16H12N4O5/c21-16(11-4-1-2-5-12(11)20(22)23)19-8-10(9-19)15-17-14(18-25-15)13-6-3-7-24-13/h1-7,10H,8-9H2. The molecule has 0 atom stereocenters. The van der Waals surface area contributed by atoms with E-state index < -0.39 is 4.92 Å². The third kappa shape index (κ3) is 2.65. The molecular formula is C16H12N4O5. The van der Waals surface area contributed by atoms with Crippen LogP contribution in [0.15, 0.2) is 51.6 Å². The molecule has 1 aliphatic heterocycles. The Bertz CT molecular complexity index is 928. The molecule has 1 aliphatic rings. The van der Waals surface area contributed by atoms with Crippen molar-refractivity contribution in [2.75, 3.05) is 13.1 Å². The number of rotatable bonds is 4. The van der Waals surface area contributed by atoms with Crippen LogP contribution in [-0.4, -0.2) is 39.0 Å². The van der Waals surface area contributed by atoms with Gasteiger partial charge >= 0.3 is 0 Å². The molecule has 0 aliphatic carbocycles. The minimum Gasteiger partial charge on any atom is -0.461 e. The molecule has 9 heteroatoms. The molecule has 25 heavy (non-hydrogen) atoms. The van der Waals surface area contributed by atoms with Crippen molar-refractivity contribution in [2.45, 2.75) is 5.92 Å². The molecule has 9 nitrogen and oxygen atoms in total. The first kappa shape index (κ1) is 15.1. The normalized spacial score (nSPS) is 14.3. The number of hydrogen-bond acceptors (Lipinski definition) is 7. The third-order valence-electron chi connectivity index (χ3n) is 4.03. The second-order valence-electron chi connectivity index (χ2n) is 5.61. The van der Waals surface area contributed by atoms with Gasteiger partial charge in [-0.2, -0.15) is 4.98 Å². The zero-order chi connectivity index (χ0) is 17.4. The van der Waals surface area contributed by atoms with E-state index in [4.69, 9.17) is 8.94 Å². The second kappa shape index (κ2) is 5.86. The van der Waals surface area contributed by atoms with E-state index in [0.717, 1.165) is 0 Å². The number of amides is 1.